The summed E-state index contributed by atoms with van der Waals surface area (Å²) >= 11 is 0. The molecule has 1 aliphatic carbocycles. The molecule has 1 N–H and O–H groups in total. The average molecular weight is 290 g/mol. The first-order valence-corrected chi connectivity index (χ1v) is 6.81. The van der Waals surface area contributed by atoms with Gasteiger partial charge in [0.25, 0.3) is 0 Å². The van der Waals surface area contributed by atoms with Crippen molar-refractivity contribution in [2.24, 2.45) is 7.05 Å². The van der Waals surface area contributed by atoms with Gasteiger partial charge < -0.3 is 10.2 Å². The standard InChI is InChI=1S/C13H21F3N4/c1-9-11(8-17-10-4-5-10)12(20(3)18-9)19(2)7-6-13(14,15)16/h10,17H,4-8H2,1-3H3. The average Bonchev–Trinajstić information content (AvgIpc) is 3.09. The van der Waals surface area contributed by atoms with Crippen molar-refractivity contribution in [2.45, 2.75) is 44.9 Å². The van der Waals surface area contributed by atoms with Crippen molar-refractivity contribution in [3.05, 3.63) is 11.3 Å². The van der Waals surface area contributed by atoms with E-state index in [1.54, 1.807) is 23.7 Å². The van der Waals surface area contributed by atoms with Gasteiger partial charge in [-0.3, -0.25) is 4.68 Å². The molecule has 0 saturated heterocycles. The van der Waals surface area contributed by atoms with Gasteiger partial charge in [-0.2, -0.15) is 18.3 Å². The Hall–Kier alpha value is -1.24. The first-order chi connectivity index (χ1) is 9.28. The van der Waals surface area contributed by atoms with Crippen LogP contribution >= 0.6 is 0 Å². The fraction of sp³-hybridized carbons (Fsp3) is 0.769. The lowest BCUT2D eigenvalue weighted by Crippen LogP contribution is -2.27. The van der Waals surface area contributed by atoms with Crippen LogP contribution in [0.2, 0.25) is 0 Å². The third-order valence-electron chi connectivity index (χ3n) is 3.55. The summed E-state index contributed by atoms with van der Waals surface area (Å²) < 4.78 is 38.7. The fourth-order valence-electron chi connectivity index (χ4n) is 2.31. The van der Waals surface area contributed by atoms with E-state index in [1.807, 2.05) is 6.92 Å². The Morgan fingerprint density at radius 3 is 2.60 bits per heavy atom. The van der Waals surface area contributed by atoms with Gasteiger partial charge in [-0.1, -0.05) is 0 Å². The van der Waals surface area contributed by atoms with Gasteiger partial charge in [0.2, 0.25) is 0 Å². The Labute approximate surface area is 116 Å². The highest BCUT2D eigenvalue weighted by molar-refractivity contribution is 5.49. The number of hydrogen-bond donors (Lipinski definition) is 1. The summed E-state index contributed by atoms with van der Waals surface area (Å²) in [6, 6.07) is 0.558. The van der Waals surface area contributed by atoms with Gasteiger partial charge in [0.1, 0.15) is 5.82 Å². The van der Waals surface area contributed by atoms with Crippen molar-refractivity contribution in [3.8, 4) is 0 Å². The van der Waals surface area contributed by atoms with E-state index in [2.05, 4.69) is 10.4 Å². The number of halogens is 3. The van der Waals surface area contributed by atoms with Gasteiger partial charge in [0.05, 0.1) is 12.1 Å². The third kappa shape index (κ3) is 3.88. The monoisotopic (exact) mass is 290 g/mol. The van der Waals surface area contributed by atoms with Gasteiger partial charge >= 0.3 is 6.18 Å². The van der Waals surface area contributed by atoms with E-state index in [9.17, 15) is 13.2 Å². The van der Waals surface area contributed by atoms with E-state index in [4.69, 9.17) is 0 Å². The zero-order valence-corrected chi connectivity index (χ0v) is 12.1. The van der Waals surface area contributed by atoms with Crippen LogP contribution in [-0.2, 0) is 13.6 Å². The lowest BCUT2D eigenvalue weighted by Gasteiger charge is -2.22. The summed E-state index contributed by atoms with van der Waals surface area (Å²) in [5.74, 6) is 0.764. The van der Waals surface area contributed by atoms with Crippen LogP contribution in [-0.4, -0.2) is 35.6 Å². The topological polar surface area (TPSA) is 33.1 Å². The van der Waals surface area contributed by atoms with Crippen molar-refractivity contribution in [2.75, 3.05) is 18.5 Å². The van der Waals surface area contributed by atoms with E-state index in [0.717, 1.165) is 17.1 Å². The molecule has 1 aliphatic rings. The zero-order chi connectivity index (χ0) is 14.9. The van der Waals surface area contributed by atoms with E-state index in [-0.39, 0.29) is 6.54 Å². The Morgan fingerprint density at radius 2 is 2.05 bits per heavy atom. The van der Waals surface area contributed by atoms with Crippen LogP contribution in [0.4, 0.5) is 19.0 Å². The predicted octanol–water partition coefficient (Wildman–Crippen LogP) is 2.37. The van der Waals surface area contributed by atoms with Crippen LogP contribution in [0.15, 0.2) is 0 Å². The Morgan fingerprint density at radius 1 is 1.40 bits per heavy atom. The molecule has 0 unspecified atom stereocenters. The minimum atomic E-state index is -4.13. The minimum absolute atomic E-state index is 0.0566. The number of rotatable bonds is 6. The maximum atomic E-state index is 12.3. The summed E-state index contributed by atoms with van der Waals surface area (Å²) in [5, 5.41) is 7.72. The summed E-state index contributed by atoms with van der Waals surface area (Å²) in [5.41, 5.74) is 1.86. The second-order valence-electron chi connectivity index (χ2n) is 5.45. The van der Waals surface area contributed by atoms with E-state index >= 15 is 0 Å². The second-order valence-corrected chi connectivity index (χ2v) is 5.45. The number of alkyl halides is 3. The molecule has 0 atom stereocenters. The lowest BCUT2D eigenvalue weighted by atomic mass is 10.2. The molecule has 0 aromatic carbocycles. The fourth-order valence-corrected chi connectivity index (χ4v) is 2.31. The number of aryl methyl sites for hydroxylation is 2. The van der Waals surface area contributed by atoms with E-state index < -0.39 is 12.6 Å². The molecule has 1 saturated carbocycles. The molecular formula is C13H21F3N4. The van der Waals surface area contributed by atoms with Gasteiger partial charge in [-0.25, -0.2) is 0 Å². The molecule has 1 aromatic heterocycles. The molecule has 0 amide bonds. The smallest absolute Gasteiger partial charge is 0.359 e. The van der Waals surface area contributed by atoms with Crippen molar-refractivity contribution in [1.29, 1.82) is 0 Å². The Balaban J connectivity index is 2.07. The molecule has 1 fully saturated rings. The summed E-state index contributed by atoms with van der Waals surface area (Å²) in [7, 11) is 3.45. The van der Waals surface area contributed by atoms with Crippen molar-refractivity contribution in [3.63, 3.8) is 0 Å². The highest BCUT2D eigenvalue weighted by atomic mass is 19.4. The van der Waals surface area contributed by atoms with E-state index in [1.165, 1.54) is 12.8 Å². The molecule has 114 valence electrons. The van der Waals surface area contributed by atoms with Crippen LogP contribution in [0.5, 0.6) is 0 Å². The van der Waals surface area contributed by atoms with Crippen LogP contribution in [0.1, 0.15) is 30.5 Å². The normalized spacial score (nSPS) is 15.7. The number of anilines is 1. The molecule has 7 heteroatoms. The molecule has 2 rings (SSSR count). The van der Waals surface area contributed by atoms with Gasteiger partial charge in [0.15, 0.2) is 0 Å². The Kier molecular flexibility index (Phi) is 4.27. The molecule has 20 heavy (non-hydrogen) atoms. The Bertz CT molecular complexity index is 463. The van der Waals surface area contributed by atoms with Gasteiger partial charge in [-0.15, -0.1) is 0 Å². The van der Waals surface area contributed by atoms with Crippen LogP contribution in [0, 0.1) is 6.92 Å². The predicted molar refractivity (Wildman–Crippen MR) is 71.7 cm³/mol. The maximum absolute atomic E-state index is 12.3. The first-order valence-electron chi connectivity index (χ1n) is 6.81. The van der Waals surface area contributed by atoms with E-state index in [0.29, 0.717) is 12.6 Å². The minimum Gasteiger partial charge on any atom is -0.359 e. The summed E-state index contributed by atoms with van der Waals surface area (Å²) in [4.78, 5) is 1.64. The largest absolute Gasteiger partial charge is 0.390 e. The van der Waals surface area contributed by atoms with Gasteiger partial charge in [0, 0.05) is 38.8 Å². The summed E-state index contributed by atoms with van der Waals surface area (Å²) in [6.07, 6.45) is -2.59. The molecule has 0 aliphatic heterocycles. The molecule has 0 radical (unpaired) electrons. The molecular weight excluding hydrogens is 269 g/mol. The molecule has 0 spiro atoms. The molecule has 4 nitrogen and oxygen atoms in total. The zero-order valence-electron chi connectivity index (χ0n) is 12.1. The quantitative estimate of drug-likeness (QED) is 0.873. The number of nitrogens with zero attached hydrogens (tertiary/aromatic N) is 3. The number of hydrogen-bond acceptors (Lipinski definition) is 3. The lowest BCUT2D eigenvalue weighted by molar-refractivity contribution is -0.132. The van der Waals surface area contributed by atoms with Crippen molar-refractivity contribution in [1.82, 2.24) is 15.1 Å². The summed E-state index contributed by atoms with van der Waals surface area (Å²) in [6.45, 7) is 2.50. The van der Waals surface area contributed by atoms with Crippen molar-refractivity contribution >= 4 is 5.82 Å². The number of nitrogens with one attached hydrogen (secondary N) is 1. The van der Waals surface area contributed by atoms with Gasteiger partial charge in [-0.05, 0) is 19.8 Å². The van der Waals surface area contributed by atoms with Crippen LogP contribution in [0.25, 0.3) is 0 Å². The molecule has 0 bridgehead atoms. The number of aromatic nitrogens is 2. The highest BCUT2D eigenvalue weighted by Gasteiger charge is 2.29. The maximum Gasteiger partial charge on any atom is 0.390 e. The molecule has 1 aromatic rings. The SMILES string of the molecule is Cc1nn(C)c(N(C)CCC(F)(F)F)c1CNC1CC1. The van der Waals surface area contributed by atoms with Crippen LogP contribution < -0.4 is 10.2 Å². The third-order valence-corrected chi connectivity index (χ3v) is 3.55. The molecule has 1 heterocycles. The second kappa shape index (κ2) is 5.63. The highest BCUT2D eigenvalue weighted by Crippen LogP contribution is 2.27. The van der Waals surface area contributed by atoms with Crippen LogP contribution in [0.3, 0.4) is 0 Å². The first kappa shape index (κ1) is 15.2. The van der Waals surface area contributed by atoms with Crippen molar-refractivity contribution < 1.29 is 13.2 Å².